The number of benzene rings is 4. The Morgan fingerprint density at radius 2 is 0.724 bits per heavy atom. The number of pyridine rings is 2. The summed E-state index contributed by atoms with van der Waals surface area (Å²) in [4.78, 5) is 20.6. The average Bonchev–Trinajstić information content (AvgIpc) is 3.30. The summed E-state index contributed by atoms with van der Waals surface area (Å²) in [5, 5.41) is 2.55. The molecular formula is C50H60Cl2N6. The maximum absolute atomic E-state index is 4.95. The fourth-order valence-electron chi connectivity index (χ4n) is 9.86. The van der Waals surface area contributed by atoms with Gasteiger partial charge >= 0.3 is 0 Å². The zero-order valence-corrected chi connectivity index (χ0v) is 35.6. The number of para-hydroxylation sites is 2. The summed E-state index contributed by atoms with van der Waals surface area (Å²) in [7, 11) is 0. The maximum Gasteiger partial charge on any atom is 0.0730 e. The second kappa shape index (κ2) is 20.2. The minimum Gasteiger partial charge on any atom is -0.371 e. The first kappa shape index (κ1) is 41.9. The van der Waals surface area contributed by atoms with Crippen molar-refractivity contribution in [2.24, 2.45) is 0 Å². The minimum absolute atomic E-state index is 0. The molecule has 58 heavy (non-hydrogen) atoms. The Morgan fingerprint density at radius 1 is 0.379 bits per heavy atom. The number of hydrogen-bond acceptors (Lipinski definition) is 6. The van der Waals surface area contributed by atoms with Gasteiger partial charge in [-0.3, -0.25) is 0 Å². The number of rotatable bonds is 6. The van der Waals surface area contributed by atoms with Crippen LogP contribution in [0.4, 0.5) is 11.4 Å². The smallest absolute Gasteiger partial charge is 0.0730 e. The van der Waals surface area contributed by atoms with Crippen LogP contribution in [0.15, 0.2) is 121 Å². The van der Waals surface area contributed by atoms with E-state index in [1.165, 1.54) is 124 Å². The second-order valence-electron chi connectivity index (χ2n) is 16.4. The lowest BCUT2D eigenvalue weighted by Gasteiger charge is -2.41. The van der Waals surface area contributed by atoms with Gasteiger partial charge in [-0.15, -0.1) is 24.8 Å². The Balaban J connectivity index is 0.000000171. The van der Waals surface area contributed by atoms with E-state index in [0.717, 1.165) is 60.7 Å². The number of anilines is 2. The van der Waals surface area contributed by atoms with E-state index < -0.39 is 0 Å². The first-order valence-electron chi connectivity index (χ1n) is 21.7. The van der Waals surface area contributed by atoms with Crippen molar-refractivity contribution in [3.63, 3.8) is 0 Å². The summed E-state index contributed by atoms with van der Waals surface area (Å²) in [5.74, 6) is 0. The fraction of sp³-hybridized carbons (Fsp3) is 0.400. The SMILES string of the molecule is Cl.Cl.c1ccc(-c2cc(N3CCC(N4CCCCC4)CC3)c3ccccc3n2)cc1.c1ccc(-c2cc(N3CCC(N4CCCCC4)CC3)c3ccccc3n2)cc1. The predicted octanol–water partition coefficient (Wildman–Crippen LogP) is 11.6. The van der Waals surface area contributed by atoms with Gasteiger partial charge in [0, 0.05) is 71.5 Å². The first-order chi connectivity index (χ1) is 27.8. The van der Waals surface area contributed by atoms with Crippen LogP contribution in [0.3, 0.4) is 0 Å². The Bertz CT molecular complexity index is 2020. The van der Waals surface area contributed by atoms with Crippen LogP contribution in [0.2, 0.25) is 0 Å². The molecule has 4 fully saturated rings. The van der Waals surface area contributed by atoms with Crippen molar-refractivity contribution in [1.29, 1.82) is 0 Å². The summed E-state index contributed by atoms with van der Waals surface area (Å²) in [6, 6.07) is 44.5. The lowest BCUT2D eigenvalue weighted by atomic mass is 9.98. The number of likely N-dealkylation sites (tertiary alicyclic amines) is 2. The molecule has 0 amide bonds. The lowest BCUT2D eigenvalue weighted by Crippen LogP contribution is -2.46. The summed E-state index contributed by atoms with van der Waals surface area (Å²) < 4.78 is 0. The van der Waals surface area contributed by atoms with Gasteiger partial charge in [0.25, 0.3) is 0 Å². The molecule has 0 radical (unpaired) electrons. The van der Waals surface area contributed by atoms with Gasteiger partial charge in [-0.1, -0.05) is 110 Å². The Kier molecular flexibility index (Phi) is 14.6. The molecule has 304 valence electrons. The zero-order chi connectivity index (χ0) is 37.5. The molecule has 4 aliphatic rings. The third kappa shape index (κ3) is 9.63. The van der Waals surface area contributed by atoms with Crippen molar-refractivity contribution in [3.05, 3.63) is 121 Å². The molecule has 0 unspecified atom stereocenters. The van der Waals surface area contributed by atoms with Gasteiger partial charge in [0.2, 0.25) is 0 Å². The van der Waals surface area contributed by atoms with Crippen molar-refractivity contribution in [2.75, 3.05) is 62.2 Å². The van der Waals surface area contributed by atoms with Gasteiger partial charge in [0.15, 0.2) is 0 Å². The molecule has 4 saturated heterocycles. The molecule has 0 spiro atoms. The zero-order valence-electron chi connectivity index (χ0n) is 33.9. The average molecular weight is 816 g/mol. The van der Waals surface area contributed by atoms with Crippen LogP contribution >= 0.6 is 24.8 Å². The highest BCUT2D eigenvalue weighted by Gasteiger charge is 2.28. The molecule has 2 aromatic heterocycles. The van der Waals surface area contributed by atoms with Gasteiger partial charge in [0.1, 0.15) is 0 Å². The van der Waals surface area contributed by atoms with Gasteiger partial charge in [-0.05, 0) is 102 Å². The highest BCUT2D eigenvalue weighted by Crippen LogP contribution is 2.35. The van der Waals surface area contributed by atoms with Crippen molar-refractivity contribution < 1.29 is 0 Å². The highest BCUT2D eigenvalue weighted by atomic mass is 35.5. The summed E-state index contributed by atoms with van der Waals surface area (Å²) >= 11 is 0. The monoisotopic (exact) mass is 814 g/mol. The molecule has 0 bridgehead atoms. The molecule has 0 N–H and O–H groups in total. The number of nitrogens with zero attached hydrogens (tertiary/aromatic N) is 6. The molecule has 8 heteroatoms. The van der Waals surface area contributed by atoms with Crippen LogP contribution in [0.25, 0.3) is 44.3 Å². The molecule has 6 heterocycles. The molecule has 10 rings (SSSR count). The Labute approximate surface area is 358 Å². The maximum atomic E-state index is 4.95. The second-order valence-corrected chi connectivity index (χ2v) is 16.4. The normalized spacial score (nSPS) is 18.6. The summed E-state index contributed by atoms with van der Waals surface area (Å²) in [5.41, 5.74) is 9.42. The van der Waals surface area contributed by atoms with Crippen LogP contribution < -0.4 is 9.80 Å². The number of hydrogen-bond donors (Lipinski definition) is 0. The van der Waals surface area contributed by atoms with E-state index in [9.17, 15) is 0 Å². The van der Waals surface area contributed by atoms with Crippen molar-refractivity contribution in [3.8, 4) is 22.5 Å². The quantitative estimate of drug-likeness (QED) is 0.167. The van der Waals surface area contributed by atoms with E-state index in [1.807, 2.05) is 0 Å². The minimum atomic E-state index is 0. The number of fused-ring (bicyclic) bond motifs is 2. The van der Waals surface area contributed by atoms with Crippen molar-refractivity contribution in [2.45, 2.75) is 76.3 Å². The standard InChI is InChI=1S/2C25H29N3.2ClH/c2*1-3-9-20(10-4-1)24-19-25(22-11-5-6-12-23(22)26-24)28-17-13-21(14-18-28)27-15-7-2-8-16-27;;/h2*1,3-6,9-12,19,21H,2,7-8,13-18H2;2*1H. The van der Waals surface area contributed by atoms with Crippen LogP contribution in [-0.4, -0.2) is 84.2 Å². The molecule has 0 saturated carbocycles. The molecular weight excluding hydrogens is 755 g/mol. The molecule has 0 atom stereocenters. The van der Waals surface area contributed by atoms with E-state index in [1.54, 1.807) is 0 Å². The van der Waals surface area contributed by atoms with E-state index in [2.05, 4.69) is 141 Å². The van der Waals surface area contributed by atoms with Crippen molar-refractivity contribution >= 4 is 58.0 Å². The van der Waals surface area contributed by atoms with Crippen molar-refractivity contribution in [1.82, 2.24) is 19.8 Å². The number of aromatic nitrogens is 2. The van der Waals surface area contributed by atoms with E-state index >= 15 is 0 Å². The van der Waals surface area contributed by atoms with Gasteiger partial charge in [-0.25, -0.2) is 9.97 Å². The third-order valence-corrected chi connectivity index (χ3v) is 13.0. The molecule has 6 nitrogen and oxygen atoms in total. The van der Waals surface area contributed by atoms with Gasteiger partial charge in [-0.2, -0.15) is 0 Å². The van der Waals surface area contributed by atoms with E-state index in [0.29, 0.717) is 0 Å². The van der Waals surface area contributed by atoms with E-state index in [-0.39, 0.29) is 24.8 Å². The van der Waals surface area contributed by atoms with Crippen LogP contribution in [0, 0.1) is 0 Å². The summed E-state index contributed by atoms with van der Waals surface area (Å²) in [6.45, 7) is 9.80. The van der Waals surface area contributed by atoms with E-state index in [4.69, 9.17) is 9.97 Å². The van der Waals surface area contributed by atoms with Gasteiger partial charge in [0.05, 0.1) is 22.4 Å². The Hall–Kier alpha value is -4.20. The third-order valence-electron chi connectivity index (χ3n) is 13.0. The highest BCUT2D eigenvalue weighted by molar-refractivity contribution is 5.95. The lowest BCUT2D eigenvalue weighted by molar-refractivity contribution is 0.141. The first-order valence-corrected chi connectivity index (χ1v) is 21.7. The number of piperidine rings is 4. The molecule has 6 aromatic rings. The number of halogens is 2. The molecule has 0 aliphatic carbocycles. The van der Waals surface area contributed by atoms with Crippen LogP contribution in [0.1, 0.15) is 64.2 Å². The van der Waals surface area contributed by atoms with Crippen LogP contribution in [-0.2, 0) is 0 Å². The summed E-state index contributed by atoms with van der Waals surface area (Å²) in [6.07, 6.45) is 13.5. The van der Waals surface area contributed by atoms with Gasteiger partial charge < -0.3 is 19.6 Å². The fourth-order valence-corrected chi connectivity index (χ4v) is 9.86. The molecule has 4 aromatic carbocycles. The topological polar surface area (TPSA) is 38.7 Å². The Morgan fingerprint density at radius 3 is 1.10 bits per heavy atom. The van der Waals surface area contributed by atoms with Crippen LogP contribution in [0.5, 0.6) is 0 Å². The predicted molar refractivity (Wildman–Crippen MR) is 250 cm³/mol. The molecule has 4 aliphatic heterocycles. The largest absolute Gasteiger partial charge is 0.371 e.